The number of carbonyl (C=O) groups excluding carboxylic acids is 1. The van der Waals surface area contributed by atoms with Gasteiger partial charge >= 0.3 is 5.97 Å². The molecule has 5 heteroatoms. The molecule has 0 radical (unpaired) electrons. The van der Waals surface area contributed by atoms with E-state index in [4.69, 9.17) is 9.47 Å². The molecule has 0 bridgehead atoms. The van der Waals surface area contributed by atoms with Crippen LogP contribution in [-0.2, 0) is 14.3 Å². The topological polar surface area (TPSA) is 38.8 Å². The third-order valence-electron chi connectivity index (χ3n) is 6.84. The van der Waals surface area contributed by atoms with Crippen LogP contribution in [-0.4, -0.2) is 55.4 Å². The van der Waals surface area contributed by atoms with E-state index in [0.29, 0.717) is 17.8 Å². The normalized spacial score (nSPS) is 51.0. The lowest BCUT2D eigenvalue weighted by molar-refractivity contribution is -0.873. The van der Waals surface area contributed by atoms with Crippen LogP contribution in [0.15, 0.2) is 0 Å². The van der Waals surface area contributed by atoms with Gasteiger partial charge in [-0.25, -0.2) is 0 Å². The first kappa shape index (κ1) is 17.9. The molecule has 0 amide bonds. The number of halogens is 1. The quantitative estimate of drug-likeness (QED) is 0.247. The van der Waals surface area contributed by atoms with Gasteiger partial charge < -0.3 is 37.9 Å². The first-order valence-electron chi connectivity index (χ1n) is 8.88. The molecule has 4 aliphatic rings. The molecule has 7 atom stereocenters. The molecule has 2 aliphatic carbocycles. The van der Waals surface area contributed by atoms with E-state index in [0.717, 1.165) is 30.3 Å². The monoisotopic (exact) mass is 435 g/mol. The van der Waals surface area contributed by atoms with Gasteiger partial charge in [0, 0.05) is 11.8 Å². The van der Waals surface area contributed by atoms with Crippen molar-refractivity contribution in [1.29, 1.82) is 0 Å². The maximum Gasteiger partial charge on any atom is 0.315 e. The predicted molar refractivity (Wildman–Crippen MR) is 83.1 cm³/mol. The van der Waals surface area contributed by atoms with Crippen LogP contribution in [0.3, 0.4) is 0 Å². The number of epoxide rings is 1. The largest absolute Gasteiger partial charge is 1.00 e. The van der Waals surface area contributed by atoms with Crippen molar-refractivity contribution < 1.29 is 42.7 Å². The highest BCUT2D eigenvalue weighted by Crippen LogP contribution is 2.66. The lowest BCUT2D eigenvalue weighted by Gasteiger charge is -2.50. The van der Waals surface area contributed by atoms with E-state index in [9.17, 15) is 4.79 Å². The second kappa shape index (κ2) is 5.31. The Morgan fingerprint density at radius 2 is 1.87 bits per heavy atom. The number of rotatable bonds is 2. The van der Waals surface area contributed by atoms with E-state index >= 15 is 0 Å². The lowest BCUT2D eigenvalue weighted by atomic mass is 9.55. The maximum absolute atomic E-state index is 12.8. The molecule has 4 nitrogen and oxygen atoms in total. The molecule has 2 saturated heterocycles. The zero-order chi connectivity index (χ0) is 15.9. The standard InChI is InChI=1S/C18H30NO3.HI/c1-11-6-7-14-12(10-19(3,4)5)15(20)21-18(14)13(11)8-9-17(2)16(18)22-17;/h11-14,16H,6-10H2,1-5H3;1H/q+1;/p-1/t11-,12?,13+,14+,16-,17-,18-;/m1./s1. The fourth-order valence-corrected chi connectivity index (χ4v) is 5.85. The average Bonchev–Trinajstić information content (AvgIpc) is 3.02. The summed E-state index contributed by atoms with van der Waals surface area (Å²) in [4.78, 5) is 12.8. The maximum atomic E-state index is 12.8. The minimum Gasteiger partial charge on any atom is -1.00 e. The van der Waals surface area contributed by atoms with E-state index in [1.165, 1.54) is 6.42 Å². The molecule has 4 fully saturated rings. The van der Waals surface area contributed by atoms with E-state index in [2.05, 4.69) is 35.0 Å². The number of hydrogen-bond donors (Lipinski definition) is 0. The summed E-state index contributed by atoms with van der Waals surface area (Å²) < 4.78 is 13.2. The highest BCUT2D eigenvalue weighted by atomic mass is 127. The third-order valence-corrected chi connectivity index (χ3v) is 6.84. The molecular weight excluding hydrogens is 405 g/mol. The summed E-state index contributed by atoms with van der Waals surface area (Å²) in [5.41, 5.74) is -0.348. The number of esters is 1. The van der Waals surface area contributed by atoms with Gasteiger partial charge in [-0.15, -0.1) is 0 Å². The molecule has 23 heavy (non-hydrogen) atoms. The zero-order valence-corrected chi connectivity index (χ0v) is 17.1. The van der Waals surface area contributed by atoms with Crippen LogP contribution in [0, 0.1) is 23.7 Å². The lowest BCUT2D eigenvalue weighted by Crippen LogP contribution is -3.00. The van der Waals surface area contributed by atoms with Crippen molar-refractivity contribution in [2.75, 3.05) is 27.7 Å². The Morgan fingerprint density at radius 3 is 2.52 bits per heavy atom. The molecule has 0 aromatic carbocycles. The van der Waals surface area contributed by atoms with E-state index in [-0.39, 0.29) is 53.2 Å². The molecule has 4 rings (SSSR count). The van der Waals surface area contributed by atoms with Gasteiger partial charge in [-0.1, -0.05) is 6.92 Å². The van der Waals surface area contributed by atoms with Gasteiger partial charge in [0.25, 0.3) is 0 Å². The second-order valence-corrected chi connectivity index (χ2v) is 9.47. The van der Waals surface area contributed by atoms with Gasteiger partial charge in [0.15, 0.2) is 0 Å². The summed E-state index contributed by atoms with van der Waals surface area (Å²) in [5.74, 6) is 1.57. The molecule has 1 spiro atoms. The van der Waals surface area contributed by atoms with Crippen molar-refractivity contribution >= 4 is 5.97 Å². The van der Waals surface area contributed by atoms with E-state index < -0.39 is 0 Å². The Kier molecular flexibility index (Phi) is 4.14. The number of carbonyl (C=O) groups is 1. The van der Waals surface area contributed by atoms with Gasteiger partial charge in [0.1, 0.15) is 17.6 Å². The number of fused-ring (bicyclic) bond motifs is 1. The van der Waals surface area contributed by atoms with Crippen LogP contribution in [0.5, 0.6) is 0 Å². The van der Waals surface area contributed by atoms with Crippen molar-refractivity contribution in [2.24, 2.45) is 23.7 Å². The molecule has 132 valence electrons. The Balaban J connectivity index is 0.00000156. The predicted octanol–water partition coefficient (Wildman–Crippen LogP) is -0.778. The summed E-state index contributed by atoms with van der Waals surface area (Å²) in [6.07, 6.45) is 4.76. The molecule has 0 aromatic rings. The summed E-state index contributed by atoms with van der Waals surface area (Å²) in [6, 6.07) is 0. The van der Waals surface area contributed by atoms with Gasteiger partial charge in [-0.2, -0.15) is 0 Å². The summed E-state index contributed by atoms with van der Waals surface area (Å²) >= 11 is 0. The van der Waals surface area contributed by atoms with Crippen molar-refractivity contribution in [3.05, 3.63) is 0 Å². The van der Waals surface area contributed by atoms with Crippen molar-refractivity contribution in [2.45, 2.75) is 56.8 Å². The van der Waals surface area contributed by atoms with E-state index in [1.54, 1.807) is 0 Å². The molecule has 0 aromatic heterocycles. The van der Waals surface area contributed by atoms with Gasteiger partial charge in [0.2, 0.25) is 0 Å². The fourth-order valence-electron chi connectivity index (χ4n) is 5.85. The zero-order valence-electron chi connectivity index (χ0n) is 15.0. The first-order valence-corrected chi connectivity index (χ1v) is 8.88. The highest BCUT2D eigenvalue weighted by molar-refractivity contribution is 5.77. The molecule has 2 heterocycles. The number of hydrogen-bond acceptors (Lipinski definition) is 3. The molecule has 1 unspecified atom stereocenters. The van der Waals surface area contributed by atoms with Gasteiger partial charge in [-0.05, 0) is 38.5 Å². The van der Waals surface area contributed by atoms with Crippen LogP contribution in [0.1, 0.15) is 39.5 Å². The van der Waals surface area contributed by atoms with Crippen LogP contribution >= 0.6 is 0 Å². The van der Waals surface area contributed by atoms with Crippen molar-refractivity contribution in [3.8, 4) is 0 Å². The first-order chi connectivity index (χ1) is 10.2. The Labute approximate surface area is 156 Å². The number of nitrogens with zero attached hydrogens (tertiary/aromatic N) is 1. The van der Waals surface area contributed by atoms with Gasteiger partial charge in [-0.3, -0.25) is 4.79 Å². The molecule has 2 aliphatic heterocycles. The highest BCUT2D eigenvalue weighted by Gasteiger charge is 2.77. The van der Waals surface area contributed by atoms with Crippen molar-refractivity contribution in [1.82, 2.24) is 0 Å². The smallest absolute Gasteiger partial charge is 0.315 e. The fraction of sp³-hybridized carbons (Fsp3) is 0.944. The average molecular weight is 435 g/mol. The molecule has 0 N–H and O–H groups in total. The molecule has 2 saturated carbocycles. The Hall–Kier alpha value is 0.120. The van der Waals surface area contributed by atoms with Gasteiger partial charge in [0.05, 0.1) is 33.3 Å². The summed E-state index contributed by atoms with van der Waals surface area (Å²) in [5, 5.41) is 0. The summed E-state index contributed by atoms with van der Waals surface area (Å²) in [7, 11) is 6.50. The van der Waals surface area contributed by atoms with Crippen LogP contribution < -0.4 is 24.0 Å². The minimum atomic E-state index is -0.318. The van der Waals surface area contributed by atoms with Crippen LogP contribution in [0.2, 0.25) is 0 Å². The number of ether oxygens (including phenoxy) is 2. The number of quaternary nitrogens is 1. The Morgan fingerprint density at radius 1 is 1.17 bits per heavy atom. The minimum absolute atomic E-state index is 0. The SMILES string of the molecule is C[C@@H]1CC[C@H]2C(C[N+](C)(C)C)C(=O)O[C@]23[C@H]1CC[C@@]1(C)O[C@@H]31.[I-]. The second-order valence-electron chi connectivity index (χ2n) is 9.47. The van der Waals surface area contributed by atoms with Crippen molar-refractivity contribution in [3.63, 3.8) is 0 Å². The van der Waals surface area contributed by atoms with Crippen LogP contribution in [0.25, 0.3) is 0 Å². The van der Waals surface area contributed by atoms with E-state index in [1.807, 2.05) is 0 Å². The summed E-state index contributed by atoms with van der Waals surface area (Å²) in [6.45, 7) is 5.42. The Bertz CT molecular complexity index is 519. The third kappa shape index (κ3) is 2.48. The molecular formula is C18H30INO3. The van der Waals surface area contributed by atoms with Crippen LogP contribution in [0.4, 0.5) is 0 Å².